The van der Waals surface area contributed by atoms with Gasteiger partial charge in [-0.2, -0.15) is 5.10 Å². The molecule has 84 valence electrons. The van der Waals surface area contributed by atoms with Crippen LogP contribution in [0.25, 0.3) is 0 Å². The average molecular weight is 235 g/mol. The lowest BCUT2D eigenvalue weighted by Gasteiger charge is -2.04. The van der Waals surface area contributed by atoms with Gasteiger partial charge in [0.25, 0.3) is 0 Å². The summed E-state index contributed by atoms with van der Waals surface area (Å²) in [5.74, 6) is 0.895. The minimum Gasteiger partial charge on any atom is -0.370 e. The number of nitrogens with zero attached hydrogens (tertiary/aromatic N) is 3. The molecule has 0 bridgehead atoms. The summed E-state index contributed by atoms with van der Waals surface area (Å²) in [4.78, 5) is 9.38. The minimum atomic E-state index is 0.785. The Labute approximate surface area is 98.1 Å². The Bertz CT molecular complexity index is 429. The number of aromatic amines is 1. The van der Waals surface area contributed by atoms with Crippen LogP contribution in [0.3, 0.4) is 0 Å². The van der Waals surface area contributed by atoms with E-state index in [1.807, 2.05) is 12.1 Å². The van der Waals surface area contributed by atoms with Crippen molar-refractivity contribution in [2.45, 2.75) is 23.4 Å². The molecule has 0 fully saturated rings. The van der Waals surface area contributed by atoms with Crippen LogP contribution in [-0.4, -0.2) is 26.7 Å². The first kappa shape index (κ1) is 10.9. The lowest BCUT2D eigenvalue weighted by Crippen LogP contribution is -2.01. The van der Waals surface area contributed by atoms with Gasteiger partial charge >= 0.3 is 0 Å². The molecule has 0 atom stereocenters. The second-order valence-corrected chi connectivity index (χ2v) is 4.26. The van der Waals surface area contributed by atoms with Crippen molar-refractivity contribution in [1.29, 1.82) is 0 Å². The predicted octanol–water partition coefficient (Wildman–Crippen LogP) is 2.17. The van der Waals surface area contributed by atoms with E-state index in [-0.39, 0.29) is 0 Å². The fraction of sp³-hybridized carbons (Fsp3) is 0.300. The van der Waals surface area contributed by atoms with Crippen LogP contribution in [0, 0.1) is 0 Å². The number of hydrogen-bond acceptors (Lipinski definition) is 5. The van der Waals surface area contributed by atoms with Crippen LogP contribution >= 0.6 is 11.8 Å². The first-order valence-electron chi connectivity index (χ1n) is 5.11. The summed E-state index contributed by atoms with van der Waals surface area (Å²) in [6.45, 7) is 3.06. The monoisotopic (exact) mass is 235 g/mol. The number of aromatic nitrogens is 4. The SMILES string of the molecule is CCCNc1cc(Sc2ncn[nH]2)ccn1. The van der Waals surface area contributed by atoms with Gasteiger partial charge in [-0.05, 0) is 18.6 Å². The fourth-order valence-corrected chi connectivity index (χ4v) is 1.90. The highest BCUT2D eigenvalue weighted by atomic mass is 32.2. The van der Waals surface area contributed by atoms with Gasteiger partial charge in [0.15, 0.2) is 5.16 Å². The van der Waals surface area contributed by atoms with Crippen LogP contribution in [0.1, 0.15) is 13.3 Å². The number of anilines is 1. The van der Waals surface area contributed by atoms with Crippen molar-refractivity contribution < 1.29 is 0 Å². The number of pyridine rings is 1. The molecule has 0 unspecified atom stereocenters. The smallest absolute Gasteiger partial charge is 0.188 e. The topological polar surface area (TPSA) is 66.5 Å². The van der Waals surface area contributed by atoms with Crippen molar-refractivity contribution in [3.63, 3.8) is 0 Å². The molecule has 0 radical (unpaired) electrons. The maximum absolute atomic E-state index is 4.24. The summed E-state index contributed by atoms with van der Waals surface area (Å²) in [6.07, 6.45) is 4.37. The van der Waals surface area contributed by atoms with Gasteiger partial charge in [-0.3, -0.25) is 5.10 Å². The second kappa shape index (κ2) is 5.50. The molecule has 0 amide bonds. The number of hydrogen-bond donors (Lipinski definition) is 2. The van der Waals surface area contributed by atoms with Gasteiger partial charge in [0, 0.05) is 17.6 Å². The van der Waals surface area contributed by atoms with E-state index in [1.165, 1.54) is 18.1 Å². The van der Waals surface area contributed by atoms with Crippen LogP contribution in [-0.2, 0) is 0 Å². The number of nitrogens with one attached hydrogen (secondary N) is 2. The predicted molar refractivity (Wildman–Crippen MR) is 63.5 cm³/mol. The minimum absolute atomic E-state index is 0.785. The largest absolute Gasteiger partial charge is 0.370 e. The van der Waals surface area contributed by atoms with E-state index in [0.29, 0.717) is 0 Å². The first-order valence-corrected chi connectivity index (χ1v) is 5.93. The zero-order valence-electron chi connectivity index (χ0n) is 8.97. The van der Waals surface area contributed by atoms with Crippen LogP contribution in [0.5, 0.6) is 0 Å². The first-order chi connectivity index (χ1) is 7.88. The lowest BCUT2D eigenvalue weighted by molar-refractivity contribution is 0.964. The van der Waals surface area contributed by atoms with Crippen LogP contribution < -0.4 is 5.32 Å². The molecule has 2 N–H and O–H groups in total. The van der Waals surface area contributed by atoms with Crippen molar-refractivity contribution in [1.82, 2.24) is 20.2 Å². The Morgan fingerprint density at radius 3 is 3.12 bits per heavy atom. The van der Waals surface area contributed by atoms with Crippen molar-refractivity contribution in [3.8, 4) is 0 Å². The number of H-pyrrole nitrogens is 1. The molecule has 0 saturated carbocycles. The Morgan fingerprint density at radius 2 is 2.38 bits per heavy atom. The second-order valence-electron chi connectivity index (χ2n) is 3.20. The summed E-state index contributed by atoms with van der Waals surface area (Å²) < 4.78 is 0. The molecular weight excluding hydrogens is 222 g/mol. The third-order valence-electron chi connectivity index (χ3n) is 1.89. The maximum Gasteiger partial charge on any atom is 0.188 e. The number of rotatable bonds is 5. The molecular formula is C10H13N5S. The van der Waals surface area contributed by atoms with Gasteiger partial charge in [-0.15, -0.1) is 0 Å². The van der Waals surface area contributed by atoms with Crippen LogP contribution in [0.4, 0.5) is 5.82 Å². The third-order valence-corrected chi connectivity index (χ3v) is 2.77. The standard InChI is InChI=1S/C10H13N5S/c1-2-4-11-9-6-8(3-5-12-9)16-10-13-7-14-15-10/h3,5-7H,2,4H2,1H3,(H,11,12)(H,13,14,15). The third kappa shape index (κ3) is 2.96. The molecule has 2 aromatic rings. The van der Waals surface area contributed by atoms with E-state index >= 15 is 0 Å². The van der Waals surface area contributed by atoms with Crippen molar-refractivity contribution in [2.24, 2.45) is 0 Å². The van der Waals surface area contributed by atoms with Crippen LogP contribution in [0.2, 0.25) is 0 Å². The van der Waals surface area contributed by atoms with E-state index in [2.05, 4.69) is 32.4 Å². The van der Waals surface area contributed by atoms with Gasteiger partial charge in [0.1, 0.15) is 12.1 Å². The fourth-order valence-electron chi connectivity index (χ4n) is 1.18. The molecule has 6 heteroatoms. The summed E-state index contributed by atoms with van der Waals surface area (Å²) >= 11 is 1.53. The van der Waals surface area contributed by atoms with Gasteiger partial charge in [0.2, 0.25) is 0 Å². The molecule has 0 aliphatic rings. The molecule has 2 rings (SSSR count). The Kier molecular flexibility index (Phi) is 3.76. The molecule has 0 aliphatic heterocycles. The average Bonchev–Trinajstić information content (AvgIpc) is 2.80. The van der Waals surface area contributed by atoms with Crippen molar-refractivity contribution >= 4 is 17.6 Å². The highest BCUT2D eigenvalue weighted by molar-refractivity contribution is 7.99. The van der Waals surface area contributed by atoms with E-state index < -0.39 is 0 Å². The van der Waals surface area contributed by atoms with Crippen LogP contribution in [0.15, 0.2) is 34.7 Å². The molecule has 0 spiro atoms. The van der Waals surface area contributed by atoms with Gasteiger partial charge in [0.05, 0.1) is 0 Å². The summed E-state index contributed by atoms with van der Waals surface area (Å²) in [5, 5.41) is 10.6. The Morgan fingerprint density at radius 1 is 1.44 bits per heavy atom. The lowest BCUT2D eigenvalue weighted by atomic mass is 10.4. The van der Waals surface area contributed by atoms with Gasteiger partial charge < -0.3 is 5.32 Å². The summed E-state index contributed by atoms with van der Waals surface area (Å²) in [5.41, 5.74) is 0. The summed E-state index contributed by atoms with van der Waals surface area (Å²) in [7, 11) is 0. The summed E-state index contributed by atoms with van der Waals surface area (Å²) in [6, 6.07) is 3.95. The Balaban J connectivity index is 2.04. The molecule has 2 aromatic heterocycles. The van der Waals surface area contributed by atoms with E-state index in [1.54, 1.807) is 6.20 Å². The van der Waals surface area contributed by atoms with E-state index in [0.717, 1.165) is 28.8 Å². The molecule has 16 heavy (non-hydrogen) atoms. The Hall–Kier alpha value is -1.56. The normalized spacial score (nSPS) is 10.3. The van der Waals surface area contributed by atoms with E-state index in [4.69, 9.17) is 0 Å². The highest BCUT2D eigenvalue weighted by Gasteiger charge is 2.01. The van der Waals surface area contributed by atoms with E-state index in [9.17, 15) is 0 Å². The molecule has 0 aromatic carbocycles. The maximum atomic E-state index is 4.24. The zero-order chi connectivity index (χ0) is 11.2. The quantitative estimate of drug-likeness (QED) is 0.831. The van der Waals surface area contributed by atoms with Gasteiger partial charge in [-0.25, -0.2) is 9.97 Å². The zero-order valence-corrected chi connectivity index (χ0v) is 9.79. The highest BCUT2D eigenvalue weighted by Crippen LogP contribution is 2.24. The van der Waals surface area contributed by atoms with Crippen molar-refractivity contribution in [3.05, 3.63) is 24.7 Å². The molecule has 0 saturated heterocycles. The molecule has 0 aliphatic carbocycles. The van der Waals surface area contributed by atoms with Gasteiger partial charge in [-0.1, -0.05) is 18.7 Å². The van der Waals surface area contributed by atoms with Crippen molar-refractivity contribution in [2.75, 3.05) is 11.9 Å². The molecule has 2 heterocycles. The molecule has 5 nitrogen and oxygen atoms in total.